The number of amides is 1. The van der Waals surface area contributed by atoms with E-state index in [0.717, 1.165) is 16.9 Å². The minimum atomic E-state index is -0.950. The summed E-state index contributed by atoms with van der Waals surface area (Å²) in [6.07, 6.45) is 4.09. The molecule has 1 aliphatic heterocycles. The number of carboxylic acid groups (broad SMARTS) is 1. The number of carbonyl (C=O) groups is 2. The highest BCUT2D eigenvalue weighted by atomic mass is 16.5. The molecule has 1 saturated heterocycles. The fourth-order valence-corrected chi connectivity index (χ4v) is 3.32. The van der Waals surface area contributed by atoms with Crippen molar-refractivity contribution in [3.05, 3.63) is 47.8 Å². The van der Waals surface area contributed by atoms with Gasteiger partial charge in [-0.2, -0.15) is 5.10 Å². The van der Waals surface area contributed by atoms with E-state index in [1.165, 1.54) is 0 Å². The molecule has 132 valence electrons. The highest BCUT2D eigenvalue weighted by Gasteiger charge is 2.44. The minimum absolute atomic E-state index is 0.0253. The number of aryl methyl sites for hydroxylation is 1. The maximum Gasteiger partial charge on any atom is 0.309 e. The lowest BCUT2D eigenvalue weighted by molar-refractivity contribution is -0.142. The first kappa shape index (κ1) is 17.0. The second-order valence-corrected chi connectivity index (χ2v) is 6.23. The van der Waals surface area contributed by atoms with E-state index in [1.54, 1.807) is 36.1 Å². The Kier molecular flexibility index (Phi) is 4.74. The van der Waals surface area contributed by atoms with Crippen molar-refractivity contribution in [2.45, 2.75) is 18.9 Å². The number of hydrogen-bond acceptors (Lipinski definition) is 4. The molecule has 0 aliphatic carbocycles. The van der Waals surface area contributed by atoms with E-state index in [2.05, 4.69) is 5.10 Å². The maximum atomic E-state index is 12.4. The predicted octanol–water partition coefficient (Wildman–Crippen LogP) is 1.65. The molecule has 2 heterocycles. The highest BCUT2D eigenvalue weighted by molar-refractivity contribution is 5.87. The van der Waals surface area contributed by atoms with Crippen LogP contribution in [-0.4, -0.2) is 45.3 Å². The van der Waals surface area contributed by atoms with Gasteiger partial charge in [-0.05, 0) is 24.1 Å². The Morgan fingerprint density at radius 2 is 2.08 bits per heavy atom. The molecule has 1 aliphatic rings. The number of likely N-dealkylation sites (tertiary alicyclic amines) is 1. The summed E-state index contributed by atoms with van der Waals surface area (Å²) in [5.41, 5.74) is 1.83. The quantitative estimate of drug-likeness (QED) is 0.862. The minimum Gasteiger partial charge on any atom is -0.497 e. The zero-order chi connectivity index (χ0) is 18.0. The summed E-state index contributed by atoms with van der Waals surface area (Å²) >= 11 is 0. The average molecular weight is 343 g/mol. The van der Waals surface area contributed by atoms with Crippen molar-refractivity contribution in [2.24, 2.45) is 13.0 Å². The second-order valence-electron chi connectivity index (χ2n) is 6.23. The molecule has 2 atom stereocenters. The van der Waals surface area contributed by atoms with Crippen molar-refractivity contribution in [2.75, 3.05) is 13.7 Å². The molecule has 2 aromatic rings. The summed E-state index contributed by atoms with van der Waals surface area (Å²) in [6.45, 7) is 0.467. The average Bonchev–Trinajstić information content (AvgIpc) is 3.16. The molecule has 1 fully saturated rings. The van der Waals surface area contributed by atoms with Crippen molar-refractivity contribution < 1.29 is 19.4 Å². The third-order valence-electron chi connectivity index (χ3n) is 4.62. The number of aliphatic carboxylic acids is 1. The Hall–Kier alpha value is -2.83. The number of methoxy groups -OCH3 is 1. The van der Waals surface area contributed by atoms with E-state index in [0.29, 0.717) is 13.0 Å². The Balaban J connectivity index is 1.79. The number of benzene rings is 1. The zero-order valence-corrected chi connectivity index (χ0v) is 14.3. The van der Waals surface area contributed by atoms with Crippen LogP contribution in [0.1, 0.15) is 23.6 Å². The van der Waals surface area contributed by atoms with Crippen molar-refractivity contribution in [1.29, 1.82) is 0 Å². The lowest BCUT2D eigenvalue weighted by atomic mass is 9.96. The van der Waals surface area contributed by atoms with Crippen LogP contribution in [-0.2, 0) is 23.1 Å². The molecule has 1 aromatic carbocycles. The van der Waals surface area contributed by atoms with Crippen LogP contribution in [0, 0.1) is 5.92 Å². The van der Waals surface area contributed by atoms with Crippen molar-refractivity contribution in [1.82, 2.24) is 14.7 Å². The molecule has 7 nitrogen and oxygen atoms in total. The van der Waals surface area contributed by atoms with Crippen molar-refractivity contribution in [3.8, 4) is 5.75 Å². The number of ether oxygens (including phenoxy) is 1. The van der Waals surface area contributed by atoms with Gasteiger partial charge in [0, 0.05) is 31.8 Å². The lowest BCUT2D eigenvalue weighted by Gasteiger charge is -2.26. The third-order valence-corrected chi connectivity index (χ3v) is 4.62. The first-order valence-corrected chi connectivity index (χ1v) is 8.13. The van der Waals surface area contributed by atoms with E-state index in [-0.39, 0.29) is 12.3 Å². The molecule has 1 N–H and O–H groups in total. The Morgan fingerprint density at radius 1 is 1.36 bits per heavy atom. The molecule has 2 unspecified atom stereocenters. The zero-order valence-electron chi connectivity index (χ0n) is 14.3. The van der Waals surface area contributed by atoms with Gasteiger partial charge in [0.05, 0.1) is 25.3 Å². The summed E-state index contributed by atoms with van der Waals surface area (Å²) in [5.74, 6) is -1.04. The smallest absolute Gasteiger partial charge is 0.309 e. The summed E-state index contributed by atoms with van der Waals surface area (Å²) in [4.78, 5) is 25.7. The molecule has 0 radical (unpaired) electrons. The number of hydrogen-bond donors (Lipinski definition) is 1. The third kappa shape index (κ3) is 3.50. The molecule has 0 spiro atoms. The highest BCUT2D eigenvalue weighted by Crippen LogP contribution is 2.38. The van der Waals surface area contributed by atoms with Gasteiger partial charge in [0.2, 0.25) is 5.91 Å². The van der Waals surface area contributed by atoms with Gasteiger partial charge in [-0.1, -0.05) is 12.1 Å². The first-order chi connectivity index (χ1) is 12.0. The monoisotopic (exact) mass is 343 g/mol. The standard InChI is InChI=1S/C18H21N3O4/c1-20-11-13(10-19-20)17-15(18(23)24)9-16(22)21(17)8-7-12-3-5-14(25-2)6-4-12/h3-6,10-11,15,17H,7-9H2,1-2H3,(H,23,24). The molecular formula is C18H21N3O4. The Morgan fingerprint density at radius 3 is 2.64 bits per heavy atom. The Bertz CT molecular complexity index is 769. The van der Waals surface area contributed by atoms with Crippen LogP contribution < -0.4 is 4.74 Å². The lowest BCUT2D eigenvalue weighted by Crippen LogP contribution is -2.32. The van der Waals surface area contributed by atoms with E-state index >= 15 is 0 Å². The van der Waals surface area contributed by atoms with Crippen LogP contribution in [0.25, 0.3) is 0 Å². The van der Waals surface area contributed by atoms with Crippen molar-refractivity contribution >= 4 is 11.9 Å². The van der Waals surface area contributed by atoms with Gasteiger partial charge < -0.3 is 14.7 Å². The van der Waals surface area contributed by atoms with Gasteiger partial charge in [0.25, 0.3) is 0 Å². The number of carbonyl (C=O) groups excluding carboxylic acids is 1. The maximum absolute atomic E-state index is 12.4. The largest absolute Gasteiger partial charge is 0.497 e. The van der Waals surface area contributed by atoms with Crippen molar-refractivity contribution in [3.63, 3.8) is 0 Å². The summed E-state index contributed by atoms with van der Waals surface area (Å²) in [5, 5.41) is 13.6. The molecule has 1 aromatic heterocycles. The normalized spacial score (nSPS) is 20.1. The van der Waals surface area contributed by atoms with E-state index < -0.39 is 17.9 Å². The van der Waals surface area contributed by atoms with Crippen LogP contribution in [0.2, 0.25) is 0 Å². The molecule has 0 saturated carbocycles. The molecule has 1 amide bonds. The summed E-state index contributed by atoms with van der Waals surface area (Å²) in [7, 11) is 3.39. The van der Waals surface area contributed by atoms with Gasteiger partial charge in [-0.25, -0.2) is 0 Å². The Labute approximate surface area is 145 Å². The van der Waals surface area contributed by atoms with E-state index in [9.17, 15) is 14.7 Å². The number of nitrogens with zero attached hydrogens (tertiary/aromatic N) is 3. The van der Waals surface area contributed by atoms with Gasteiger partial charge in [0.1, 0.15) is 5.75 Å². The molecule has 25 heavy (non-hydrogen) atoms. The van der Waals surface area contributed by atoms with Gasteiger partial charge in [-0.15, -0.1) is 0 Å². The molecular weight excluding hydrogens is 322 g/mol. The molecule has 7 heteroatoms. The van der Waals surface area contributed by atoms with Gasteiger partial charge in [0.15, 0.2) is 0 Å². The van der Waals surface area contributed by atoms with Gasteiger partial charge in [-0.3, -0.25) is 14.3 Å². The van der Waals surface area contributed by atoms with Crippen LogP contribution in [0.3, 0.4) is 0 Å². The van der Waals surface area contributed by atoms with Crippen LogP contribution in [0.4, 0.5) is 0 Å². The first-order valence-electron chi connectivity index (χ1n) is 8.13. The van der Waals surface area contributed by atoms with E-state index in [1.807, 2.05) is 24.3 Å². The second kappa shape index (κ2) is 6.96. The topological polar surface area (TPSA) is 84.7 Å². The van der Waals surface area contributed by atoms with E-state index in [4.69, 9.17) is 4.74 Å². The summed E-state index contributed by atoms with van der Waals surface area (Å²) in [6, 6.07) is 7.18. The SMILES string of the molecule is COc1ccc(CCN2C(=O)CC(C(=O)O)C2c2cnn(C)c2)cc1. The fourth-order valence-electron chi connectivity index (χ4n) is 3.32. The van der Waals surface area contributed by atoms with Crippen LogP contribution in [0.5, 0.6) is 5.75 Å². The number of aromatic nitrogens is 2. The predicted molar refractivity (Wildman–Crippen MR) is 90.1 cm³/mol. The number of rotatable bonds is 6. The van der Waals surface area contributed by atoms with Gasteiger partial charge >= 0.3 is 5.97 Å². The van der Waals surface area contributed by atoms with Crippen LogP contribution >= 0.6 is 0 Å². The number of carboxylic acids is 1. The van der Waals surface area contributed by atoms with Crippen LogP contribution in [0.15, 0.2) is 36.7 Å². The molecule has 0 bridgehead atoms. The molecule has 3 rings (SSSR count). The fraction of sp³-hybridized carbons (Fsp3) is 0.389. The summed E-state index contributed by atoms with van der Waals surface area (Å²) < 4.78 is 6.77.